The maximum Gasteiger partial charge on any atom is 0.321 e. The second-order valence-electron chi connectivity index (χ2n) is 9.16. The maximum atomic E-state index is 6.43. The molecular weight excluding hydrogens is 394 g/mol. The van der Waals surface area contributed by atoms with Crippen molar-refractivity contribution in [3.8, 4) is 5.75 Å². The molecule has 2 heterocycles. The van der Waals surface area contributed by atoms with Crippen molar-refractivity contribution in [2.24, 2.45) is 11.6 Å². The topological polar surface area (TPSA) is 128 Å². The number of hydrogen-bond acceptors (Lipinski definition) is 9. The van der Waals surface area contributed by atoms with E-state index in [0.29, 0.717) is 35.5 Å². The lowest BCUT2D eigenvalue weighted by molar-refractivity contribution is 0.153. The number of likely N-dealkylation sites (N-methyl/N-ethyl adjacent to an activating group) is 1. The van der Waals surface area contributed by atoms with Crippen molar-refractivity contribution in [3.63, 3.8) is 0 Å². The molecule has 0 aromatic carbocycles. The molecule has 0 unspecified atom stereocenters. The number of anilines is 1. The van der Waals surface area contributed by atoms with Crippen LogP contribution in [0.5, 0.6) is 5.75 Å². The Morgan fingerprint density at radius 1 is 1.23 bits per heavy atom. The van der Waals surface area contributed by atoms with Crippen LogP contribution in [0.1, 0.15) is 70.1 Å². The minimum atomic E-state index is -0.200. The summed E-state index contributed by atoms with van der Waals surface area (Å²) in [4.78, 5) is 9.05. The molecule has 0 amide bonds. The van der Waals surface area contributed by atoms with Crippen molar-refractivity contribution >= 4 is 11.7 Å². The first-order chi connectivity index (χ1) is 14.6. The third-order valence-corrected chi connectivity index (χ3v) is 5.40. The average molecular weight is 430 g/mol. The SMILES string of the molecule is Cc1nc(/C(N)=C(\CNc2nc(C(C)(C)C)no2)N(C)N)ccc1OC1CCCCC1. The average Bonchev–Trinajstić information content (AvgIpc) is 3.19. The molecule has 0 spiro atoms. The maximum absolute atomic E-state index is 6.43. The summed E-state index contributed by atoms with van der Waals surface area (Å²) in [6.07, 6.45) is 6.22. The molecule has 2 aromatic rings. The minimum absolute atomic E-state index is 0.200. The van der Waals surface area contributed by atoms with Crippen molar-refractivity contribution < 1.29 is 9.26 Å². The number of aryl methyl sites for hydroxylation is 1. The first-order valence-corrected chi connectivity index (χ1v) is 10.8. The fourth-order valence-corrected chi connectivity index (χ4v) is 3.50. The second-order valence-corrected chi connectivity index (χ2v) is 9.16. The summed E-state index contributed by atoms with van der Waals surface area (Å²) in [5.74, 6) is 7.48. The van der Waals surface area contributed by atoms with Crippen LogP contribution in [-0.2, 0) is 5.41 Å². The fourth-order valence-electron chi connectivity index (χ4n) is 3.50. The Kier molecular flexibility index (Phi) is 7.04. The van der Waals surface area contributed by atoms with E-state index in [-0.39, 0.29) is 11.5 Å². The number of nitrogens with zero attached hydrogens (tertiary/aromatic N) is 4. The van der Waals surface area contributed by atoms with Crippen molar-refractivity contribution in [2.75, 3.05) is 18.9 Å². The summed E-state index contributed by atoms with van der Waals surface area (Å²) in [5.41, 5.74) is 8.81. The zero-order valence-electron chi connectivity index (χ0n) is 19.2. The molecule has 2 aromatic heterocycles. The normalized spacial score (nSPS) is 16.1. The van der Waals surface area contributed by atoms with E-state index in [9.17, 15) is 0 Å². The van der Waals surface area contributed by atoms with Gasteiger partial charge in [-0.25, -0.2) is 10.8 Å². The molecule has 3 rings (SSSR count). The van der Waals surface area contributed by atoms with Crippen molar-refractivity contribution in [1.82, 2.24) is 20.1 Å². The molecule has 31 heavy (non-hydrogen) atoms. The van der Waals surface area contributed by atoms with Gasteiger partial charge in [0.1, 0.15) is 5.75 Å². The van der Waals surface area contributed by atoms with E-state index in [1.807, 2.05) is 39.8 Å². The largest absolute Gasteiger partial charge is 0.489 e. The Balaban J connectivity index is 1.74. The molecule has 9 heteroatoms. The number of nitrogens with one attached hydrogen (secondary N) is 1. The van der Waals surface area contributed by atoms with Crippen LogP contribution in [0.3, 0.4) is 0 Å². The Morgan fingerprint density at radius 3 is 2.52 bits per heavy atom. The van der Waals surface area contributed by atoms with Gasteiger partial charge in [0.05, 0.1) is 35.4 Å². The molecule has 170 valence electrons. The Bertz CT molecular complexity index is 909. The number of hydrazine groups is 1. The van der Waals surface area contributed by atoms with E-state index in [1.165, 1.54) is 24.3 Å². The quantitative estimate of drug-likeness (QED) is 0.448. The zero-order chi connectivity index (χ0) is 22.6. The van der Waals surface area contributed by atoms with E-state index in [2.05, 4.69) is 20.4 Å². The lowest BCUT2D eigenvalue weighted by Gasteiger charge is -2.24. The third kappa shape index (κ3) is 5.88. The van der Waals surface area contributed by atoms with Gasteiger partial charge < -0.3 is 25.3 Å². The van der Waals surface area contributed by atoms with Crippen molar-refractivity contribution in [3.05, 3.63) is 35.0 Å². The van der Waals surface area contributed by atoms with Crippen molar-refractivity contribution in [1.29, 1.82) is 0 Å². The van der Waals surface area contributed by atoms with Gasteiger partial charge in [-0.05, 0) is 44.7 Å². The van der Waals surface area contributed by atoms with E-state index in [0.717, 1.165) is 24.3 Å². The molecule has 1 aliphatic carbocycles. The molecule has 0 bridgehead atoms. The van der Waals surface area contributed by atoms with Crippen LogP contribution < -0.4 is 21.6 Å². The van der Waals surface area contributed by atoms with E-state index >= 15 is 0 Å². The minimum Gasteiger partial charge on any atom is -0.489 e. The molecule has 5 N–H and O–H groups in total. The van der Waals surface area contributed by atoms with Crippen LogP contribution >= 0.6 is 0 Å². The van der Waals surface area contributed by atoms with E-state index in [1.54, 1.807) is 7.05 Å². The number of hydrogen-bond donors (Lipinski definition) is 3. The highest BCUT2D eigenvalue weighted by Gasteiger charge is 2.22. The predicted octanol–water partition coefficient (Wildman–Crippen LogP) is 3.33. The predicted molar refractivity (Wildman–Crippen MR) is 121 cm³/mol. The molecule has 9 nitrogen and oxygen atoms in total. The highest BCUT2D eigenvalue weighted by molar-refractivity contribution is 5.64. The smallest absolute Gasteiger partial charge is 0.321 e. The van der Waals surface area contributed by atoms with Gasteiger partial charge in [-0.15, -0.1) is 0 Å². The van der Waals surface area contributed by atoms with Crippen LogP contribution in [0.15, 0.2) is 22.4 Å². The Labute approximate surface area is 184 Å². The molecule has 1 aliphatic rings. The van der Waals surface area contributed by atoms with Gasteiger partial charge in [-0.1, -0.05) is 32.3 Å². The van der Waals surface area contributed by atoms with Crippen LogP contribution in [0.4, 0.5) is 6.01 Å². The van der Waals surface area contributed by atoms with Crippen molar-refractivity contribution in [2.45, 2.75) is 71.3 Å². The van der Waals surface area contributed by atoms with Gasteiger partial charge in [0.25, 0.3) is 0 Å². The highest BCUT2D eigenvalue weighted by atomic mass is 16.5. The van der Waals surface area contributed by atoms with Gasteiger partial charge in [-0.3, -0.25) is 0 Å². The zero-order valence-corrected chi connectivity index (χ0v) is 19.2. The van der Waals surface area contributed by atoms with Crippen LogP contribution in [0.25, 0.3) is 5.70 Å². The molecule has 0 saturated heterocycles. The first kappa shape index (κ1) is 22.9. The molecule has 0 atom stereocenters. The van der Waals surface area contributed by atoms with Crippen LogP contribution in [0.2, 0.25) is 0 Å². The first-order valence-electron chi connectivity index (χ1n) is 10.8. The summed E-state index contributed by atoms with van der Waals surface area (Å²) in [7, 11) is 1.73. The molecule has 0 radical (unpaired) electrons. The van der Waals surface area contributed by atoms with Gasteiger partial charge in [0.2, 0.25) is 0 Å². The van der Waals surface area contributed by atoms with E-state index in [4.69, 9.17) is 20.8 Å². The van der Waals surface area contributed by atoms with Crippen LogP contribution in [-0.4, -0.2) is 39.8 Å². The van der Waals surface area contributed by atoms with Gasteiger partial charge in [0, 0.05) is 12.5 Å². The lowest BCUT2D eigenvalue weighted by atomic mass is 9.96. The summed E-state index contributed by atoms with van der Waals surface area (Å²) in [6.45, 7) is 8.31. The highest BCUT2D eigenvalue weighted by Crippen LogP contribution is 2.26. The van der Waals surface area contributed by atoms with Gasteiger partial charge in [0.15, 0.2) is 5.82 Å². The molecule has 1 saturated carbocycles. The number of aromatic nitrogens is 3. The van der Waals surface area contributed by atoms with Gasteiger partial charge >= 0.3 is 6.01 Å². The summed E-state index contributed by atoms with van der Waals surface area (Å²) >= 11 is 0. The number of nitrogens with two attached hydrogens (primary N) is 2. The number of rotatable bonds is 7. The lowest BCUT2D eigenvalue weighted by Crippen LogP contribution is -2.32. The summed E-state index contributed by atoms with van der Waals surface area (Å²) in [6, 6.07) is 4.13. The second kappa shape index (κ2) is 9.55. The number of pyridine rings is 1. The summed E-state index contributed by atoms with van der Waals surface area (Å²) < 4.78 is 11.5. The fraction of sp³-hybridized carbons (Fsp3) is 0.591. The summed E-state index contributed by atoms with van der Waals surface area (Å²) in [5, 5.41) is 8.58. The Hall–Kier alpha value is -2.81. The number of ether oxygens (including phenoxy) is 1. The standard InChI is InChI=1S/C22H35N7O2/c1-14-18(30-15-9-7-6-8-10-15)12-11-16(26-14)19(23)17(29(5)24)13-25-21-27-20(28-31-21)22(2,3)4/h11-12,15H,6-10,13,23-24H2,1-5H3,(H,25,27,28)/b19-17-. The Morgan fingerprint density at radius 2 is 1.94 bits per heavy atom. The van der Waals surface area contributed by atoms with Gasteiger partial charge in [-0.2, -0.15) is 4.98 Å². The van der Waals surface area contributed by atoms with E-state index < -0.39 is 0 Å². The molecule has 1 fully saturated rings. The molecular formula is C22H35N7O2. The van der Waals surface area contributed by atoms with Crippen LogP contribution in [0, 0.1) is 6.92 Å². The molecule has 0 aliphatic heterocycles. The third-order valence-electron chi connectivity index (χ3n) is 5.40. The monoisotopic (exact) mass is 429 g/mol.